The molecule has 0 bridgehead atoms. The standard InChI is InChI=1S/C16H18ClN3O/c1-12-14(17)3-2-4-15(12)19-10-7-16(21)20-11-13-5-8-18-9-6-13/h2-6,8-9,19H,7,10-11H2,1H3,(H,20,21). The number of amides is 1. The van der Waals surface area contributed by atoms with E-state index in [4.69, 9.17) is 11.6 Å². The Morgan fingerprint density at radius 1 is 1.24 bits per heavy atom. The Labute approximate surface area is 129 Å². The lowest BCUT2D eigenvalue weighted by molar-refractivity contribution is -0.121. The molecule has 5 heteroatoms. The molecule has 0 atom stereocenters. The third-order valence-corrected chi connectivity index (χ3v) is 3.58. The molecule has 0 fully saturated rings. The first-order valence-corrected chi connectivity index (χ1v) is 7.19. The van der Waals surface area contributed by atoms with Crippen molar-refractivity contribution in [3.63, 3.8) is 0 Å². The van der Waals surface area contributed by atoms with Gasteiger partial charge in [0.25, 0.3) is 0 Å². The Kier molecular flexibility index (Phi) is 5.58. The Morgan fingerprint density at radius 3 is 2.76 bits per heavy atom. The number of anilines is 1. The number of rotatable bonds is 6. The van der Waals surface area contributed by atoms with Crippen LogP contribution >= 0.6 is 11.6 Å². The second kappa shape index (κ2) is 7.64. The van der Waals surface area contributed by atoms with E-state index in [1.807, 2.05) is 37.3 Å². The highest BCUT2D eigenvalue weighted by Gasteiger charge is 2.04. The zero-order valence-corrected chi connectivity index (χ0v) is 12.7. The molecule has 2 aromatic rings. The van der Waals surface area contributed by atoms with Crippen molar-refractivity contribution >= 4 is 23.2 Å². The number of nitrogens with one attached hydrogen (secondary N) is 2. The Hall–Kier alpha value is -2.07. The van der Waals surface area contributed by atoms with Gasteiger partial charge < -0.3 is 10.6 Å². The van der Waals surface area contributed by atoms with E-state index >= 15 is 0 Å². The van der Waals surface area contributed by atoms with E-state index in [0.717, 1.165) is 21.8 Å². The second-order valence-corrected chi connectivity index (χ2v) is 5.13. The fraction of sp³-hybridized carbons (Fsp3) is 0.250. The topological polar surface area (TPSA) is 54.0 Å². The smallest absolute Gasteiger partial charge is 0.222 e. The predicted molar refractivity (Wildman–Crippen MR) is 85.4 cm³/mol. The number of carbonyl (C=O) groups excluding carboxylic acids is 1. The molecule has 2 rings (SSSR count). The molecule has 110 valence electrons. The summed E-state index contributed by atoms with van der Waals surface area (Å²) in [4.78, 5) is 15.7. The van der Waals surface area contributed by atoms with Gasteiger partial charge in [-0.25, -0.2) is 0 Å². The molecule has 0 saturated carbocycles. The molecule has 0 saturated heterocycles. The van der Waals surface area contributed by atoms with Crippen molar-refractivity contribution in [2.45, 2.75) is 19.9 Å². The molecule has 1 aromatic heterocycles. The Balaban J connectivity index is 1.73. The SMILES string of the molecule is Cc1c(Cl)cccc1NCCC(=O)NCc1ccncc1. The summed E-state index contributed by atoms with van der Waals surface area (Å²) in [6.45, 7) is 3.05. The second-order valence-electron chi connectivity index (χ2n) is 4.72. The summed E-state index contributed by atoms with van der Waals surface area (Å²) in [6.07, 6.45) is 3.84. The zero-order chi connectivity index (χ0) is 15.1. The average molecular weight is 304 g/mol. The van der Waals surface area contributed by atoms with Gasteiger partial charge in [-0.1, -0.05) is 17.7 Å². The minimum atomic E-state index is 0.0130. The molecule has 0 radical (unpaired) electrons. The van der Waals surface area contributed by atoms with Gasteiger partial charge in [0.15, 0.2) is 0 Å². The summed E-state index contributed by atoms with van der Waals surface area (Å²) in [5.41, 5.74) is 3.00. The molecule has 1 heterocycles. The summed E-state index contributed by atoms with van der Waals surface area (Å²) in [6, 6.07) is 9.46. The average Bonchev–Trinajstić information content (AvgIpc) is 2.50. The van der Waals surface area contributed by atoms with Crippen molar-refractivity contribution in [1.29, 1.82) is 0 Å². The van der Waals surface area contributed by atoms with Crippen LogP contribution in [-0.4, -0.2) is 17.4 Å². The molecule has 21 heavy (non-hydrogen) atoms. The van der Waals surface area contributed by atoms with Crippen LogP contribution in [0.2, 0.25) is 5.02 Å². The van der Waals surface area contributed by atoms with E-state index < -0.39 is 0 Å². The fourth-order valence-electron chi connectivity index (χ4n) is 1.90. The van der Waals surface area contributed by atoms with Crippen LogP contribution in [0.25, 0.3) is 0 Å². The van der Waals surface area contributed by atoms with Crippen LogP contribution in [0.5, 0.6) is 0 Å². The van der Waals surface area contributed by atoms with E-state index in [0.29, 0.717) is 19.5 Å². The number of aromatic nitrogens is 1. The van der Waals surface area contributed by atoms with Crippen LogP contribution in [0.4, 0.5) is 5.69 Å². The lowest BCUT2D eigenvalue weighted by Gasteiger charge is -2.10. The molecule has 0 aliphatic rings. The van der Waals surface area contributed by atoms with Gasteiger partial charge in [0, 0.05) is 42.6 Å². The van der Waals surface area contributed by atoms with Crippen molar-refractivity contribution in [2.75, 3.05) is 11.9 Å². The first kappa shape index (κ1) is 15.3. The van der Waals surface area contributed by atoms with Crippen molar-refractivity contribution in [1.82, 2.24) is 10.3 Å². The van der Waals surface area contributed by atoms with Crippen LogP contribution < -0.4 is 10.6 Å². The number of hydrogen-bond donors (Lipinski definition) is 2. The summed E-state index contributed by atoms with van der Waals surface area (Å²) >= 11 is 6.05. The van der Waals surface area contributed by atoms with Crippen LogP contribution in [0.3, 0.4) is 0 Å². The van der Waals surface area contributed by atoms with E-state index in [9.17, 15) is 4.79 Å². The lowest BCUT2D eigenvalue weighted by atomic mass is 10.2. The van der Waals surface area contributed by atoms with Gasteiger partial charge in [0.2, 0.25) is 5.91 Å². The fourth-order valence-corrected chi connectivity index (χ4v) is 2.07. The van der Waals surface area contributed by atoms with Gasteiger partial charge in [0.1, 0.15) is 0 Å². The first-order chi connectivity index (χ1) is 10.2. The third kappa shape index (κ3) is 4.76. The molecule has 0 spiro atoms. The molecule has 1 amide bonds. The minimum absolute atomic E-state index is 0.0130. The highest BCUT2D eigenvalue weighted by Crippen LogP contribution is 2.22. The number of nitrogens with zero attached hydrogens (tertiary/aromatic N) is 1. The van der Waals surface area contributed by atoms with E-state index in [1.54, 1.807) is 12.4 Å². The van der Waals surface area contributed by atoms with Crippen molar-refractivity contribution < 1.29 is 4.79 Å². The molecule has 0 aliphatic heterocycles. The lowest BCUT2D eigenvalue weighted by Crippen LogP contribution is -2.24. The van der Waals surface area contributed by atoms with E-state index in [2.05, 4.69) is 15.6 Å². The molecule has 0 unspecified atom stereocenters. The van der Waals surface area contributed by atoms with Crippen LogP contribution in [0, 0.1) is 6.92 Å². The minimum Gasteiger partial charge on any atom is -0.384 e. The normalized spacial score (nSPS) is 10.2. The van der Waals surface area contributed by atoms with Crippen LogP contribution in [0.15, 0.2) is 42.7 Å². The monoisotopic (exact) mass is 303 g/mol. The van der Waals surface area contributed by atoms with Crippen molar-refractivity contribution in [2.24, 2.45) is 0 Å². The predicted octanol–water partition coefficient (Wildman–Crippen LogP) is 3.16. The highest BCUT2D eigenvalue weighted by atomic mass is 35.5. The van der Waals surface area contributed by atoms with Gasteiger partial charge >= 0.3 is 0 Å². The first-order valence-electron chi connectivity index (χ1n) is 6.81. The number of halogens is 1. The number of benzene rings is 1. The molecular formula is C16H18ClN3O. The molecule has 4 nitrogen and oxygen atoms in total. The van der Waals surface area contributed by atoms with Gasteiger partial charge in [0.05, 0.1) is 0 Å². The van der Waals surface area contributed by atoms with Gasteiger partial charge in [-0.3, -0.25) is 9.78 Å². The zero-order valence-electron chi connectivity index (χ0n) is 11.9. The summed E-state index contributed by atoms with van der Waals surface area (Å²) in [7, 11) is 0. The molecule has 1 aromatic carbocycles. The summed E-state index contributed by atoms with van der Waals surface area (Å²) < 4.78 is 0. The maximum Gasteiger partial charge on any atom is 0.222 e. The van der Waals surface area contributed by atoms with Crippen LogP contribution in [-0.2, 0) is 11.3 Å². The van der Waals surface area contributed by atoms with Crippen molar-refractivity contribution in [3.05, 3.63) is 58.9 Å². The van der Waals surface area contributed by atoms with Gasteiger partial charge in [-0.15, -0.1) is 0 Å². The maximum absolute atomic E-state index is 11.8. The summed E-state index contributed by atoms with van der Waals surface area (Å²) in [5, 5.41) is 6.83. The Bertz CT molecular complexity index is 602. The maximum atomic E-state index is 11.8. The van der Waals surface area contributed by atoms with Crippen molar-refractivity contribution in [3.8, 4) is 0 Å². The third-order valence-electron chi connectivity index (χ3n) is 3.17. The highest BCUT2D eigenvalue weighted by molar-refractivity contribution is 6.31. The molecular weight excluding hydrogens is 286 g/mol. The quantitative estimate of drug-likeness (QED) is 0.862. The van der Waals surface area contributed by atoms with Gasteiger partial charge in [-0.2, -0.15) is 0 Å². The number of hydrogen-bond acceptors (Lipinski definition) is 3. The van der Waals surface area contributed by atoms with Gasteiger partial charge in [-0.05, 0) is 42.3 Å². The Morgan fingerprint density at radius 2 is 2.00 bits per heavy atom. The van der Waals surface area contributed by atoms with Crippen LogP contribution in [0.1, 0.15) is 17.5 Å². The number of carbonyl (C=O) groups is 1. The van der Waals surface area contributed by atoms with E-state index in [-0.39, 0.29) is 5.91 Å². The van der Waals surface area contributed by atoms with E-state index in [1.165, 1.54) is 0 Å². The summed E-state index contributed by atoms with van der Waals surface area (Å²) in [5.74, 6) is 0.0130. The number of pyridine rings is 1. The molecule has 0 aliphatic carbocycles. The largest absolute Gasteiger partial charge is 0.384 e. The molecule has 2 N–H and O–H groups in total.